The largest absolute Gasteiger partial charge is 0.326 e. The molecule has 17 heavy (non-hydrogen) atoms. The molecule has 0 aliphatic rings. The van der Waals surface area contributed by atoms with Crippen LogP contribution in [0.1, 0.15) is 16.7 Å². The highest BCUT2D eigenvalue weighted by Crippen LogP contribution is 2.28. The summed E-state index contributed by atoms with van der Waals surface area (Å²) in [6.07, 6.45) is 0. The molecule has 4 N–H and O–H groups in total. The van der Waals surface area contributed by atoms with E-state index in [0.29, 0.717) is 13.1 Å². The lowest BCUT2D eigenvalue weighted by Gasteiger charge is -2.14. The van der Waals surface area contributed by atoms with Crippen molar-refractivity contribution in [3.05, 3.63) is 59.2 Å². The number of benzene rings is 2. The molecule has 0 aliphatic carbocycles. The van der Waals surface area contributed by atoms with E-state index in [1.54, 1.807) is 0 Å². The van der Waals surface area contributed by atoms with Gasteiger partial charge in [0, 0.05) is 13.1 Å². The SMILES string of the molecule is Cc1cccc(-c2ccccc2CN)c1CN. The molecule has 0 radical (unpaired) electrons. The zero-order chi connectivity index (χ0) is 12.3. The Morgan fingerprint density at radius 1 is 0.824 bits per heavy atom. The first kappa shape index (κ1) is 11.8. The van der Waals surface area contributed by atoms with Gasteiger partial charge < -0.3 is 11.5 Å². The third kappa shape index (κ3) is 2.23. The molecule has 0 saturated carbocycles. The van der Waals surface area contributed by atoms with Crippen molar-refractivity contribution in [2.45, 2.75) is 20.0 Å². The van der Waals surface area contributed by atoms with E-state index < -0.39 is 0 Å². The van der Waals surface area contributed by atoms with Crippen LogP contribution in [0.3, 0.4) is 0 Å². The van der Waals surface area contributed by atoms with Crippen LogP contribution in [0.25, 0.3) is 11.1 Å². The van der Waals surface area contributed by atoms with Gasteiger partial charge in [-0.25, -0.2) is 0 Å². The zero-order valence-corrected chi connectivity index (χ0v) is 10.1. The van der Waals surface area contributed by atoms with E-state index in [2.05, 4.69) is 37.3 Å². The van der Waals surface area contributed by atoms with E-state index in [0.717, 1.165) is 5.56 Å². The van der Waals surface area contributed by atoms with Crippen molar-refractivity contribution in [3.63, 3.8) is 0 Å². The molecule has 0 unspecified atom stereocenters. The molecule has 2 rings (SSSR count). The van der Waals surface area contributed by atoms with E-state index in [1.165, 1.54) is 22.3 Å². The average molecular weight is 226 g/mol. The minimum absolute atomic E-state index is 0.550. The van der Waals surface area contributed by atoms with Crippen molar-refractivity contribution in [1.29, 1.82) is 0 Å². The number of nitrogens with two attached hydrogens (primary N) is 2. The second-order valence-electron chi connectivity index (χ2n) is 4.17. The first-order valence-corrected chi connectivity index (χ1v) is 5.84. The third-order valence-electron chi connectivity index (χ3n) is 3.14. The van der Waals surface area contributed by atoms with Crippen LogP contribution in [-0.4, -0.2) is 0 Å². The molecule has 2 aromatic rings. The summed E-state index contributed by atoms with van der Waals surface area (Å²) in [5, 5.41) is 0. The predicted molar refractivity (Wildman–Crippen MR) is 72.4 cm³/mol. The van der Waals surface area contributed by atoms with Crippen molar-refractivity contribution in [2.75, 3.05) is 0 Å². The summed E-state index contributed by atoms with van der Waals surface area (Å²) in [6, 6.07) is 14.5. The minimum atomic E-state index is 0.550. The molecule has 0 saturated heterocycles. The number of rotatable bonds is 3. The molecule has 0 fully saturated rings. The van der Waals surface area contributed by atoms with Gasteiger partial charge in [-0.05, 0) is 34.7 Å². The Morgan fingerprint density at radius 3 is 2.24 bits per heavy atom. The summed E-state index contributed by atoms with van der Waals surface area (Å²) >= 11 is 0. The molecule has 0 aromatic heterocycles. The van der Waals surface area contributed by atoms with Crippen LogP contribution >= 0.6 is 0 Å². The fourth-order valence-electron chi connectivity index (χ4n) is 2.19. The van der Waals surface area contributed by atoms with Gasteiger partial charge in [0.25, 0.3) is 0 Å². The number of hydrogen-bond donors (Lipinski definition) is 2. The molecule has 0 heterocycles. The van der Waals surface area contributed by atoms with E-state index in [1.807, 2.05) is 12.1 Å². The summed E-state index contributed by atoms with van der Waals surface area (Å²) in [5.74, 6) is 0. The molecule has 0 aliphatic heterocycles. The van der Waals surface area contributed by atoms with Crippen LogP contribution in [0.2, 0.25) is 0 Å². The molecule has 2 aromatic carbocycles. The van der Waals surface area contributed by atoms with Crippen molar-refractivity contribution in [1.82, 2.24) is 0 Å². The molecular weight excluding hydrogens is 208 g/mol. The summed E-state index contributed by atoms with van der Waals surface area (Å²) < 4.78 is 0. The highest BCUT2D eigenvalue weighted by Gasteiger charge is 2.08. The van der Waals surface area contributed by atoms with Crippen LogP contribution in [0.5, 0.6) is 0 Å². The number of hydrogen-bond acceptors (Lipinski definition) is 2. The summed E-state index contributed by atoms with van der Waals surface area (Å²) in [6.45, 7) is 3.20. The van der Waals surface area contributed by atoms with Gasteiger partial charge in [0.15, 0.2) is 0 Å². The lowest BCUT2D eigenvalue weighted by atomic mass is 9.93. The number of aryl methyl sites for hydroxylation is 1. The van der Waals surface area contributed by atoms with Crippen LogP contribution < -0.4 is 11.5 Å². The smallest absolute Gasteiger partial charge is 0.0186 e. The molecule has 0 atom stereocenters. The Kier molecular flexibility index (Phi) is 3.57. The monoisotopic (exact) mass is 226 g/mol. The van der Waals surface area contributed by atoms with Crippen LogP contribution in [0.4, 0.5) is 0 Å². The van der Waals surface area contributed by atoms with E-state index in [4.69, 9.17) is 11.5 Å². The van der Waals surface area contributed by atoms with Crippen LogP contribution in [-0.2, 0) is 13.1 Å². The molecule has 2 heteroatoms. The maximum absolute atomic E-state index is 5.85. The summed E-state index contributed by atoms with van der Waals surface area (Å²) in [4.78, 5) is 0. The normalized spacial score (nSPS) is 10.5. The third-order valence-corrected chi connectivity index (χ3v) is 3.14. The minimum Gasteiger partial charge on any atom is -0.326 e. The van der Waals surface area contributed by atoms with Gasteiger partial charge in [-0.1, -0.05) is 42.5 Å². The molecule has 88 valence electrons. The average Bonchev–Trinajstić information content (AvgIpc) is 2.38. The maximum atomic E-state index is 5.85. The quantitative estimate of drug-likeness (QED) is 0.845. The Hall–Kier alpha value is -1.64. The highest BCUT2D eigenvalue weighted by molar-refractivity contribution is 5.71. The van der Waals surface area contributed by atoms with Crippen molar-refractivity contribution < 1.29 is 0 Å². The fourth-order valence-corrected chi connectivity index (χ4v) is 2.19. The second-order valence-corrected chi connectivity index (χ2v) is 4.17. The van der Waals surface area contributed by atoms with Gasteiger partial charge in [-0.15, -0.1) is 0 Å². The summed E-state index contributed by atoms with van der Waals surface area (Å²) in [5.41, 5.74) is 17.6. The highest BCUT2D eigenvalue weighted by atomic mass is 14.5. The van der Waals surface area contributed by atoms with Gasteiger partial charge in [0.05, 0.1) is 0 Å². The van der Waals surface area contributed by atoms with Gasteiger partial charge in [-0.3, -0.25) is 0 Å². The van der Waals surface area contributed by atoms with E-state index in [-0.39, 0.29) is 0 Å². The fraction of sp³-hybridized carbons (Fsp3) is 0.200. The zero-order valence-electron chi connectivity index (χ0n) is 10.1. The first-order valence-electron chi connectivity index (χ1n) is 5.84. The Morgan fingerprint density at radius 2 is 1.53 bits per heavy atom. The van der Waals surface area contributed by atoms with E-state index >= 15 is 0 Å². The molecule has 0 bridgehead atoms. The predicted octanol–water partition coefficient (Wildman–Crippen LogP) is 2.58. The lowest BCUT2D eigenvalue weighted by molar-refractivity contribution is 1.04. The maximum Gasteiger partial charge on any atom is 0.0186 e. The van der Waals surface area contributed by atoms with Gasteiger partial charge >= 0.3 is 0 Å². The van der Waals surface area contributed by atoms with Crippen molar-refractivity contribution in [2.24, 2.45) is 11.5 Å². The second kappa shape index (κ2) is 5.13. The van der Waals surface area contributed by atoms with Gasteiger partial charge in [-0.2, -0.15) is 0 Å². The van der Waals surface area contributed by atoms with Gasteiger partial charge in [0.1, 0.15) is 0 Å². The molecular formula is C15H18N2. The first-order chi connectivity index (χ1) is 8.27. The molecule has 2 nitrogen and oxygen atoms in total. The van der Waals surface area contributed by atoms with Crippen molar-refractivity contribution in [3.8, 4) is 11.1 Å². The molecule has 0 amide bonds. The van der Waals surface area contributed by atoms with Crippen molar-refractivity contribution >= 4 is 0 Å². The topological polar surface area (TPSA) is 52.0 Å². The lowest BCUT2D eigenvalue weighted by Crippen LogP contribution is -2.04. The standard InChI is InChI=1S/C15H18N2/c1-11-5-4-8-14(15(11)10-17)13-7-3-2-6-12(13)9-16/h2-8H,9-10,16-17H2,1H3. The van der Waals surface area contributed by atoms with Gasteiger partial charge in [0.2, 0.25) is 0 Å². The van der Waals surface area contributed by atoms with Crippen LogP contribution in [0.15, 0.2) is 42.5 Å². The Balaban J connectivity index is 2.64. The summed E-state index contributed by atoms with van der Waals surface area (Å²) in [7, 11) is 0. The van der Waals surface area contributed by atoms with Crippen LogP contribution in [0, 0.1) is 6.92 Å². The Bertz CT molecular complexity index is 518. The van der Waals surface area contributed by atoms with E-state index in [9.17, 15) is 0 Å². The molecule has 0 spiro atoms. The Labute approximate surface area is 102 Å².